The lowest BCUT2D eigenvalue weighted by atomic mass is 9.88. The van der Waals surface area contributed by atoms with Gasteiger partial charge in [-0.3, -0.25) is 9.59 Å². The first-order valence-electron chi connectivity index (χ1n) is 13.4. The van der Waals surface area contributed by atoms with Gasteiger partial charge in [0, 0.05) is 30.7 Å². The lowest BCUT2D eigenvalue weighted by Gasteiger charge is -2.42. The average molecular weight is 467 g/mol. The van der Waals surface area contributed by atoms with E-state index in [2.05, 4.69) is 29.7 Å². The van der Waals surface area contributed by atoms with Crippen LogP contribution in [0.5, 0.6) is 0 Å². The SMILES string of the molecule is CCN(CC)CCN(CC(=O)N(C1CCCCC1)C1CCCCC1)C(=O)c1ccc(C#N)cc1. The van der Waals surface area contributed by atoms with Crippen LogP contribution >= 0.6 is 0 Å². The lowest BCUT2D eigenvalue weighted by molar-refractivity contribution is -0.138. The second-order valence-electron chi connectivity index (χ2n) is 9.83. The van der Waals surface area contributed by atoms with Crippen molar-refractivity contribution in [3.8, 4) is 6.07 Å². The van der Waals surface area contributed by atoms with E-state index in [9.17, 15) is 9.59 Å². The maximum absolute atomic E-state index is 13.8. The second-order valence-corrected chi connectivity index (χ2v) is 9.83. The van der Waals surface area contributed by atoms with Crippen LogP contribution in [-0.4, -0.2) is 71.3 Å². The monoisotopic (exact) mass is 466 g/mol. The van der Waals surface area contributed by atoms with Gasteiger partial charge >= 0.3 is 0 Å². The molecule has 0 spiro atoms. The van der Waals surface area contributed by atoms with E-state index < -0.39 is 0 Å². The molecule has 0 unspecified atom stereocenters. The van der Waals surface area contributed by atoms with E-state index in [4.69, 9.17) is 5.26 Å². The van der Waals surface area contributed by atoms with E-state index in [-0.39, 0.29) is 18.4 Å². The zero-order chi connectivity index (χ0) is 24.3. The number of amides is 2. The van der Waals surface area contributed by atoms with Gasteiger partial charge in [-0.2, -0.15) is 5.26 Å². The van der Waals surface area contributed by atoms with Crippen LogP contribution in [-0.2, 0) is 4.79 Å². The van der Waals surface area contributed by atoms with Crippen molar-refractivity contribution in [1.82, 2.24) is 14.7 Å². The van der Waals surface area contributed by atoms with Crippen molar-refractivity contribution in [2.75, 3.05) is 32.7 Å². The topological polar surface area (TPSA) is 67.7 Å². The predicted octanol–water partition coefficient (Wildman–Crippen LogP) is 4.84. The normalized spacial score (nSPS) is 17.4. The molecule has 2 amide bonds. The van der Waals surface area contributed by atoms with Gasteiger partial charge in [-0.1, -0.05) is 52.4 Å². The number of hydrogen-bond donors (Lipinski definition) is 0. The number of nitriles is 1. The van der Waals surface area contributed by atoms with Gasteiger partial charge < -0.3 is 14.7 Å². The molecule has 1 aromatic rings. The summed E-state index contributed by atoms with van der Waals surface area (Å²) in [5, 5.41) is 9.10. The van der Waals surface area contributed by atoms with Crippen LogP contribution in [0.25, 0.3) is 0 Å². The Kier molecular flexibility index (Phi) is 10.4. The second kappa shape index (κ2) is 13.5. The van der Waals surface area contributed by atoms with Crippen molar-refractivity contribution in [3.05, 3.63) is 35.4 Å². The van der Waals surface area contributed by atoms with Gasteiger partial charge in [-0.05, 0) is 63.0 Å². The molecule has 0 saturated heterocycles. The van der Waals surface area contributed by atoms with Crippen LogP contribution in [0.1, 0.15) is 94.0 Å². The van der Waals surface area contributed by atoms with Crippen molar-refractivity contribution in [3.63, 3.8) is 0 Å². The zero-order valence-corrected chi connectivity index (χ0v) is 21.2. The molecule has 2 aliphatic rings. The number of carbonyl (C=O) groups is 2. The number of carbonyl (C=O) groups excluding carboxylic acids is 2. The molecule has 0 heterocycles. The predicted molar refractivity (Wildman–Crippen MR) is 135 cm³/mol. The lowest BCUT2D eigenvalue weighted by Crippen LogP contribution is -2.53. The number of rotatable bonds is 10. The van der Waals surface area contributed by atoms with Crippen molar-refractivity contribution in [1.29, 1.82) is 5.26 Å². The molecule has 6 heteroatoms. The number of likely N-dealkylation sites (N-methyl/N-ethyl adjacent to an activating group) is 1. The van der Waals surface area contributed by atoms with Crippen LogP contribution in [0.3, 0.4) is 0 Å². The van der Waals surface area contributed by atoms with Crippen molar-refractivity contribution in [2.24, 2.45) is 0 Å². The smallest absolute Gasteiger partial charge is 0.254 e. The third-order valence-corrected chi connectivity index (χ3v) is 7.68. The molecule has 34 heavy (non-hydrogen) atoms. The highest BCUT2D eigenvalue weighted by Gasteiger charge is 2.34. The highest BCUT2D eigenvalue weighted by atomic mass is 16.2. The summed E-state index contributed by atoms with van der Waals surface area (Å²) in [6.45, 7) is 7.47. The summed E-state index contributed by atoms with van der Waals surface area (Å²) in [7, 11) is 0. The average Bonchev–Trinajstić information content (AvgIpc) is 2.89. The minimum atomic E-state index is -0.128. The minimum absolute atomic E-state index is 0.111. The Balaban J connectivity index is 1.80. The number of benzene rings is 1. The van der Waals surface area contributed by atoms with Gasteiger partial charge in [0.1, 0.15) is 6.54 Å². The molecule has 0 N–H and O–H groups in total. The Morgan fingerprint density at radius 3 is 1.85 bits per heavy atom. The first-order valence-corrected chi connectivity index (χ1v) is 13.4. The Morgan fingerprint density at radius 1 is 0.853 bits per heavy atom. The Bertz CT molecular complexity index is 798. The van der Waals surface area contributed by atoms with Crippen molar-refractivity contribution in [2.45, 2.75) is 90.1 Å². The fourth-order valence-corrected chi connectivity index (χ4v) is 5.59. The molecular formula is C28H42N4O2. The van der Waals surface area contributed by atoms with E-state index in [0.717, 1.165) is 45.3 Å². The summed E-state index contributed by atoms with van der Waals surface area (Å²) in [6, 6.07) is 9.50. The summed E-state index contributed by atoms with van der Waals surface area (Å²) in [4.78, 5) is 33.6. The largest absolute Gasteiger partial charge is 0.335 e. The van der Waals surface area contributed by atoms with Gasteiger partial charge in [0.05, 0.1) is 11.6 Å². The first kappa shape index (κ1) is 26.2. The fourth-order valence-electron chi connectivity index (χ4n) is 5.59. The first-order chi connectivity index (χ1) is 16.6. The highest BCUT2D eigenvalue weighted by Crippen LogP contribution is 2.30. The third kappa shape index (κ3) is 7.06. The van der Waals surface area contributed by atoms with Crippen LogP contribution in [0.15, 0.2) is 24.3 Å². The fraction of sp³-hybridized carbons (Fsp3) is 0.679. The van der Waals surface area contributed by atoms with Gasteiger partial charge in [-0.15, -0.1) is 0 Å². The van der Waals surface area contributed by atoms with Crippen LogP contribution in [0.2, 0.25) is 0 Å². The Labute approximate surface area is 205 Å². The van der Waals surface area contributed by atoms with Gasteiger partial charge in [0.25, 0.3) is 5.91 Å². The quantitative estimate of drug-likeness (QED) is 0.495. The molecule has 1 aromatic carbocycles. The number of hydrogen-bond acceptors (Lipinski definition) is 4. The molecule has 0 radical (unpaired) electrons. The summed E-state index contributed by atoms with van der Waals surface area (Å²) in [5.41, 5.74) is 1.07. The molecule has 3 rings (SSSR count). The molecule has 2 saturated carbocycles. The van der Waals surface area contributed by atoms with Crippen molar-refractivity contribution >= 4 is 11.8 Å². The molecule has 2 fully saturated rings. The molecule has 0 aliphatic heterocycles. The standard InChI is InChI=1S/C28H42N4O2/c1-3-30(4-2)19-20-31(28(34)24-17-15-23(21-29)16-18-24)22-27(33)32(25-11-7-5-8-12-25)26-13-9-6-10-14-26/h15-18,25-26H,3-14,19-20,22H2,1-2H3. The number of nitrogens with zero attached hydrogens (tertiary/aromatic N) is 4. The molecule has 6 nitrogen and oxygen atoms in total. The van der Waals surface area contributed by atoms with E-state index >= 15 is 0 Å². The van der Waals surface area contributed by atoms with Crippen LogP contribution < -0.4 is 0 Å². The van der Waals surface area contributed by atoms with E-state index in [1.165, 1.54) is 38.5 Å². The summed E-state index contributed by atoms with van der Waals surface area (Å²) in [5.74, 6) is -0.0161. The maximum Gasteiger partial charge on any atom is 0.254 e. The summed E-state index contributed by atoms with van der Waals surface area (Å²) >= 11 is 0. The van der Waals surface area contributed by atoms with Crippen molar-refractivity contribution < 1.29 is 9.59 Å². The molecule has 0 atom stereocenters. The molecule has 0 aromatic heterocycles. The third-order valence-electron chi connectivity index (χ3n) is 7.68. The Morgan fingerprint density at radius 2 is 1.38 bits per heavy atom. The van der Waals surface area contributed by atoms with E-state index in [1.54, 1.807) is 29.2 Å². The maximum atomic E-state index is 13.8. The van der Waals surface area contributed by atoms with Crippen LogP contribution in [0.4, 0.5) is 0 Å². The van der Waals surface area contributed by atoms with Crippen LogP contribution in [0, 0.1) is 11.3 Å². The molecular weight excluding hydrogens is 424 g/mol. The molecule has 0 bridgehead atoms. The minimum Gasteiger partial charge on any atom is -0.335 e. The van der Waals surface area contributed by atoms with E-state index in [1.807, 2.05) is 0 Å². The Hall–Kier alpha value is -2.39. The van der Waals surface area contributed by atoms with Gasteiger partial charge in [0.2, 0.25) is 5.91 Å². The zero-order valence-electron chi connectivity index (χ0n) is 21.2. The molecule has 2 aliphatic carbocycles. The molecule has 186 valence electrons. The van der Waals surface area contributed by atoms with Gasteiger partial charge in [0.15, 0.2) is 0 Å². The summed E-state index contributed by atoms with van der Waals surface area (Å²) in [6.07, 6.45) is 11.6. The highest BCUT2D eigenvalue weighted by molar-refractivity contribution is 5.96. The summed E-state index contributed by atoms with van der Waals surface area (Å²) < 4.78 is 0. The van der Waals surface area contributed by atoms with E-state index in [0.29, 0.717) is 29.8 Å². The van der Waals surface area contributed by atoms with Gasteiger partial charge in [-0.25, -0.2) is 0 Å².